The number of aryl methyl sites for hydroxylation is 1. The van der Waals surface area contributed by atoms with Crippen molar-refractivity contribution in [1.29, 1.82) is 0 Å². The Morgan fingerprint density at radius 1 is 1.09 bits per heavy atom. The molecule has 188 valence electrons. The molecule has 1 aromatic heterocycles. The summed E-state index contributed by atoms with van der Waals surface area (Å²) in [5, 5.41) is 3.38. The molecule has 1 aliphatic heterocycles. The Balaban J connectivity index is 0.00000342. The first-order chi connectivity index (χ1) is 16.4. The average Bonchev–Trinajstić information content (AvgIpc) is 3.30. The number of hydrogen-bond acceptors (Lipinski definition) is 3. The second-order valence-electron chi connectivity index (χ2n) is 9.35. The Bertz CT molecular complexity index is 1100. The number of likely N-dealkylation sites (N-methyl/N-ethyl adjacent to an activating group) is 1. The molecule has 1 amide bonds. The second kappa shape index (κ2) is 13.1. The third-order valence-corrected chi connectivity index (χ3v) is 8.76. The molecule has 1 fully saturated rings. The van der Waals surface area contributed by atoms with Gasteiger partial charge in [0.1, 0.15) is 0 Å². The number of hydrogen-bond donors (Lipinski definition) is 0. The molecule has 2 aromatic carbocycles. The molecular weight excluding hydrogens is 519 g/mol. The lowest BCUT2D eigenvalue weighted by atomic mass is 9.92. The third-order valence-electron chi connectivity index (χ3n) is 6.81. The van der Waals surface area contributed by atoms with Crippen molar-refractivity contribution in [3.63, 3.8) is 0 Å². The lowest BCUT2D eigenvalue weighted by Gasteiger charge is -2.33. The molecule has 1 atom stereocenters. The van der Waals surface area contributed by atoms with Crippen molar-refractivity contribution < 1.29 is 4.79 Å². The molecule has 35 heavy (non-hydrogen) atoms. The molecule has 1 saturated heterocycles. The van der Waals surface area contributed by atoms with E-state index in [4.69, 9.17) is 23.2 Å². The molecule has 0 bridgehead atoms. The number of rotatable bonds is 8. The van der Waals surface area contributed by atoms with Gasteiger partial charge >= 0.3 is 0 Å². The molecule has 0 N–H and O–H groups in total. The maximum absolute atomic E-state index is 13.0. The molecule has 2 heterocycles. The number of benzene rings is 2. The second-order valence-corrected chi connectivity index (χ2v) is 11.1. The van der Waals surface area contributed by atoms with Crippen LogP contribution in [-0.2, 0) is 0 Å². The van der Waals surface area contributed by atoms with Crippen LogP contribution < -0.4 is 0 Å². The first-order valence-corrected chi connectivity index (χ1v) is 13.6. The quantitative estimate of drug-likeness (QED) is 0.284. The number of nitrogens with zero attached hydrogens (tertiary/aromatic N) is 2. The van der Waals surface area contributed by atoms with Crippen LogP contribution in [0.2, 0.25) is 10.0 Å². The van der Waals surface area contributed by atoms with Crippen LogP contribution in [-0.4, -0.2) is 48.9 Å². The Labute approximate surface area is 229 Å². The third kappa shape index (κ3) is 7.47. The van der Waals surface area contributed by atoms with E-state index in [0.29, 0.717) is 28.1 Å². The summed E-state index contributed by atoms with van der Waals surface area (Å²) in [6.45, 7) is 6.06. The molecule has 3 aromatic rings. The van der Waals surface area contributed by atoms with Gasteiger partial charge in [0.2, 0.25) is 0 Å². The minimum absolute atomic E-state index is 0. The van der Waals surface area contributed by atoms with Crippen molar-refractivity contribution in [2.75, 3.05) is 33.2 Å². The Morgan fingerprint density at radius 2 is 1.80 bits per heavy atom. The SMILES string of the molecule is Cc1csc(C2CCN(CCC(CN(C)C(=O)c3ccccc3)c3ccc(Cl)c(Cl)c3)CC2)c1.Cl. The van der Waals surface area contributed by atoms with Gasteiger partial charge in [-0.05, 0) is 98.6 Å². The number of thiophene rings is 1. The van der Waals surface area contributed by atoms with Crippen molar-refractivity contribution >= 4 is 52.9 Å². The summed E-state index contributed by atoms with van der Waals surface area (Å²) in [5.74, 6) is 0.915. The maximum Gasteiger partial charge on any atom is 0.253 e. The Hall–Kier alpha value is -1.56. The fourth-order valence-corrected chi connectivity index (χ4v) is 6.17. The number of carbonyl (C=O) groups excluding carboxylic acids is 1. The van der Waals surface area contributed by atoms with Crippen LogP contribution in [0.15, 0.2) is 60.0 Å². The largest absolute Gasteiger partial charge is 0.341 e. The molecule has 7 heteroatoms. The van der Waals surface area contributed by atoms with Crippen LogP contribution in [0.1, 0.15) is 57.5 Å². The molecule has 4 rings (SSSR count). The molecular formula is C28H33Cl3N2OS. The summed E-state index contributed by atoms with van der Waals surface area (Å²) < 4.78 is 0. The van der Waals surface area contributed by atoms with E-state index in [1.165, 1.54) is 23.3 Å². The van der Waals surface area contributed by atoms with Crippen LogP contribution in [0.25, 0.3) is 0 Å². The van der Waals surface area contributed by atoms with Gasteiger partial charge in [-0.2, -0.15) is 0 Å². The first-order valence-electron chi connectivity index (χ1n) is 11.9. The summed E-state index contributed by atoms with van der Waals surface area (Å²) in [5.41, 5.74) is 3.22. The van der Waals surface area contributed by atoms with E-state index in [1.807, 2.05) is 71.8 Å². The highest BCUT2D eigenvalue weighted by molar-refractivity contribution is 7.10. The van der Waals surface area contributed by atoms with Crippen molar-refractivity contribution in [2.45, 2.75) is 38.0 Å². The molecule has 0 aliphatic carbocycles. The van der Waals surface area contributed by atoms with Gasteiger partial charge in [0, 0.05) is 30.0 Å². The van der Waals surface area contributed by atoms with Gasteiger partial charge < -0.3 is 9.80 Å². The minimum atomic E-state index is 0. The van der Waals surface area contributed by atoms with Gasteiger partial charge in [0.25, 0.3) is 5.91 Å². The standard InChI is InChI=1S/C28H32Cl2N2OS.ClH/c1-20-16-27(34-19-20)21-10-13-32(14-11-21)15-12-24(23-8-9-25(29)26(30)17-23)18-31(2)28(33)22-6-4-3-5-7-22;/h3-9,16-17,19,21,24H,10-15,18H2,1-2H3;1H. The highest BCUT2D eigenvalue weighted by Crippen LogP contribution is 2.33. The number of halogens is 3. The maximum atomic E-state index is 13.0. The lowest BCUT2D eigenvalue weighted by Crippen LogP contribution is -2.36. The van der Waals surface area contributed by atoms with Crippen molar-refractivity contribution in [3.8, 4) is 0 Å². The fraction of sp³-hybridized carbons (Fsp3) is 0.393. The monoisotopic (exact) mass is 550 g/mol. The van der Waals surface area contributed by atoms with E-state index in [9.17, 15) is 4.79 Å². The van der Waals surface area contributed by atoms with E-state index in [-0.39, 0.29) is 24.2 Å². The van der Waals surface area contributed by atoms with Gasteiger partial charge in [-0.3, -0.25) is 4.79 Å². The average molecular weight is 552 g/mol. The normalized spacial score (nSPS) is 15.4. The summed E-state index contributed by atoms with van der Waals surface area (Å²) in [7, 11) is 1.88. The number of piperidine rings is 1. The molecule has 3 nitrogen and oxygen atoms in total. The Morgan fingerprint density at radius 3 is 2.43 bits per heavy atom. The highest BCUT2D eigenvalue weighted by atomic mass is 35.5. The fourth-order valence-electron chi connectivity index (χ4n) is 4.79. The smallest absolute Gasteiger partial charge is 0.253 e. The van der Waals surface area contributed by atoms with Crippen molar-refractivity contribution in [3.05, 3.63) is 91.6 Å². The van der Waals surface area contributed by atoms with Gasteiger partial charge in [-0.15, -0.1) is 23.7 Å². The zero-order valence-electron chi connectivity index (χ0n) is 20.3. The van der Waals surface area contributed by atoms with E-state index in [1.54, 1.807) is 0 Å². The van der Waals surface area contributed by atoms with Crippen LogP contribution in [0.4, 0.5) is 0 Å². The van der Waals surface area contributed by atoms with E-state index < -0.39 is 0 Å². The number of amides is 1. The van der Waals surface area contributed by atoms with Gasteiger partial charge in [0.05, 0.1) is 10.0 Å². The predicted octanol–water partition coefficient (Wildman–Crippen LogP) is 7.91. The summed E-state index contributed by atoms with van der Waals surface area (Å²) in [4.78, 5) is 18.9. The molecule has 1 unspecified atom stereocenters. The molecule has 0 radical (unpaired) electrons. The highest BCUT2D eigenvalue weighted by Gasteiger charge is 2.24. The first kappa shape index (κ1) is 28.0. The summed E-state index contributed by atoms with van der Waals surface area (Å²) >= 11 is 14.4. The van der Waals surface area contributed by atoms with Crippen molar-refractivity contribution in [1.82, 2.24) is 9.80 Å². The molecule has 0 spiro atoms. The summed E-state index contributed by atoms with van der Waals surface area (Å²) in [6.07, 6.45) is 3.39. The van der Waals surface area contributed by atoms with Crippen LogP contribution in [0, 0.1) is 6.92 Å². The van der Waals surface area contributed by atoms with E-state index in [0.717, 1.165) is 31.6 Å². The Kier molecular flexibility index (Phi) is 10.5. The lowest BCUT2D eigenvalue weighted by molar-refractivity contribution is 0.0781. The van der Waals surface area contributed by atoms with E-state index in [2.05, 4.69) is 23.3 Å². The van der Waals surface area contributed by atoms with Gasteiger partial charge in [-0.1, -0.05) is 47.5 Å². The molecule has 0 saturated carbocycles. The van der Waals surface area contributed by atoms with Crippen LogP contribution in [0.5, 0.6) is 0 Å². The summed E-state index contributed by atoms with van der Waals surface area (Å²) in [6, 6.07) is 17.7. The van der Waals surface area contributed by atoms with Crippen LogP contribution >= 0.6 is 46.9 Å². The van der Waals surface area contributed by atoms with Crippen molar-refractivity contribution in [2.24, 2.45) is 0 Å². The van der Waals surface area contributed by atoms with Gasteiger partial charge in [-0.25, -0.2) is 0 Å². The topological polar surface area (TPSA) is 23.6 Å². The molecule has 1 aliphatic rings. The number of likely N-dealkylation sites (tertiary alicyclic amines) is 1. The predicted molar refractivity (Wildman–Crippen MR) is 152 cm³/mol. The minimum Gasteiger partial charge on any atom is -0.341 e. The zero-order valence-corrected chi connectivity index (χ0v) is 23.4. The van der Waals surface area contributed by atoms with E-state index >= 15 is 0 Å². The zero-order chi connectivity index (χ0) is 24.1. The van der Waals surface area contributed by atoms with Gasteiger partial charge in [0.15, 0.2) is 0 Å². The number of carbonyl (C=O) groups is 1. The van der Waals surface area contributed by atoms with Crippen LogP contribution in [0.3, 0.4) is 0 Å².